The van der Waals surface area contributed by atoms with Gasteiger partial charge in [0.15, 0.2) is 5.82 Å². The van der Waals surface area contributed by atoms with Crippen molar-refractivity contribution in [1.29, 1.82) is 0 Å². The van der Waals surface area contributed by atoms with Crippen LogP contribution in [0.15, 0.2) is 18.2 Å². The number of benzene rings is 1. The Morgan fingerprint density at radius 3 is 2.54 bits per heavy atom. The highest BCUT2D eigenvalue weighted by atomic mass is 19.4. The van der Waals surface area contributed by atoms with E-state index in [0.29, 0.717) is 0 Å². The molecule has 0 saturated carbocycles. The maximum Gasteiger partial charge on any atom is 0.408 e. The second kappa shape index (κ2) is 8.49. The van der Waals surface area contributed by atoms with Crippen molar-refractivity contribution in [2.24, 2.45) is 0 Å². The normalized spacial score (nSPS) is 12.6. The molecule has 0 saturated heterocycles. The number of halogens is 4. The molecular weight excluding hydrogens is 382 g/mol. The fourth-order valence-electron chi connectivity index (χ4n) is 2.56. The van der Waals surface area contributed by atoms with E-state index >= 15 is 0 Å². The molecule has 0 fully saturated rings. The number of ether oxygens (including phenoxy) is 2. The summed E-state index contributed by atoms with van der Waals surface area (Å²) in [6.45, 7) is 4.59. The van der Waals surface area contributed by atoms with Gasteiger partial charge in [0, 0.05) is 23.9 Å². The SMILES string of the molecule is CCOC(=O)c1nn(CC)c(-c2ccc(N[C@H](C)C(F)(F)F)cc2OC)c1F. The molecule has 0 aliphatic rings. The van der Waals surface area contributed by atoms with E-state index in [9.17, 15) is 22.4 Å². The number of hydrogen-bond donors (Lipinski definition) is 1. The number of aromatic nitrogens is 2. The Bertz CT molecular complexity index is 849. The summed E-state index contributed by atoms with van der Waals surface area (Å²) in [5.41, 5.74) is -0.0828. The third kappa shape index (κ3) is 4.37. The molecule has 0 unspecified atom stereocenters. The summed E-state index contributed by atoms with van der Waals surface area (Å²) in [5, 5.41) is 6.27. The quantitative estimate of drug-likeness (QED) is 0.553. The van der Waals surface area contributed by atoms with E-state index in [1.54, 1.807) is 13.8 Å². The molecule has 0 bridgehead atoms. The lowest BCUT2D eigenvalue weighted by atomic mass is 10.1. The molecule has 1 atom stereocenters. The fourth-order valence-corrected chi connectivity index (χ4v) is 2.56. The topological polar surface area (TPSA) is 65.4 Å². The minimum absolute atomic E-state index is 0.0159. The van der Waals surface area contributed by atoms with Crippen molar-refractivity contribution in [1.82, 2.24) is 9.78 Å². The second-order valence-electron chi connectivity index (χ2n) is 5.87. The van der Waals surface area contributed by atoms with Crippen LogP contribution in [0.2, 0.25) is 0 Å². The smallest absolute Gasteiger partial charge is 0.408 e. The number of alkyl halides is 3. The highest BCUT2D eigenvalue weighted by Crippen LogP contribution is 2.36. The van der Waals surface area contributed by atoms with E-state index in [1.807, 2.05) is 0 Å². The van der Waals surface area contributed by atoms with E-state index in [2.05, 4.69) is 10.4 Å². The van der Waals surface area contributed by atoms with Gasteiger partial charge in [0.25, 0.3) is 0 Å². The van der Waals surface area contributed by atoms with Gasteiger partial charge in [0.1, 0.15) is 17.5 Å². The predicted molar refractivity (Wildman–Crippen MR) is 94.9 cm³/mol. The monoisotopic (exact) mass is 403 g/mol. The van der Waals surface area contributed by atoms with Gasteiger partial charge in [-0.2, -0.15) is 18.3 Å². The summed E-state index contributed by atoms with van der Waals surface area (Å²) < 4.78 is 64.5. The first kappa shape index (κ1) is 21.5. The van der Waals surface area contributed by atoms with Gasteiger partial charge < -0.3 is 14.8 Å². The van der Waals surface area contributed by atoms with Crippen LogP contribution in [0, 0.1) is 5.82 Å². The third-order valence-electron chi connectivity index (χ3n) is 3.99. The van der Waals surface area contributed by atoms with Crippen molar-refractivity contribution in [3.63, 3.8) is 0 Å². The molecular formula is C18H21F4N3O3. The predicted octanol–water partition coefficient (Wildman–Crippen LogP) is 4.26. The van der Waals surface area contributed by atoms with Crippen LogP contribution in [-0.2, 0) is 11.3 Å². The number of hydrogen-bond acceptors (Lipinski definition) is 5. The summed E-state index contributed by atoms with van der Waals surface area (Å²) in [7, 11) is 1.31. The van der Waals surface area contributed by atoms with E-state index in [-0.39, 0.29) is 35.8 Å². The Kier molecular flexibility index (Phi) is 6.52. The minimum atomic E-state index is -4.42. The molecule has 0 spiro atoms. The van der Waals surface area contributed by atoms with Crippen molar-refractivity contribution in [2.75, 3.05) is 19.0 Å². The van der Waals surface area contributed by atoms with E-state index in [1.165, 1.54) is 30.0 Å². The fraction of sp³-hybridized carbons (Fsp3) is 0.444. The average molecular weight is 403 g/mol. The van der Waals surface area contributed by atoms with Gasteiger partial charge >= 0.3 is 12.1 Å². The summed E-state index contributed by atoms with van der Waals surface area (Å²) in [6, 6.07) is 2.33. The number of nitrogens with zero attached hydrogens (tertiary/aromatic N) is 2. The van der Waals surface area contributed by atoms with Gasteiger partial charge in [-0.1, -0.05) is 0 Å². The van der Waals surface area contributed by atoms with E-state index in [4.69, 9.17) is 9.47 Å². The number of rotatable bonds is 7. The van der Waals surface area contributed by atoms with Crippen molar-refractivity contribution < 1.29 is 31.8 Å². The molecule has 28 heavy (non-hydrogen) atoms. The lowest BCUT2D eigenvalue weighted by molar-refractivity contribution is -0.138. The van der Waals surface area contributed by atoms with E-state index < -0.39 is 29.7 Å². The number of carbonyl (C=O) groups excluding carboxylic acids is 1. The number of carbonyl (C=O) groups is 1. The molecule has 1 heterocycles. The van der Waals surface area contributed by atoms with Crippen molar-refractivity contribution in [3.8, 4) is 17.0 Å². The highest BCUT2D eigenvalue weighted by Gasteiger charge is 2.36. The van der Waals surface area contributed by atoms with Gasteiger partial charge in [-0.05, 0) is 32.9 Å². The Hall–Kier alpha value is -2.78. The molecule has 2 rings (SSSR count). The Morgan fingerprint density at radius 2 is 2.00 bits per heavy atom. The lowest BCUT2D eigenvalue weighted by Gasteiger charge is -2.19. The van der Waals surface area contributed by atoms with Crippen LogP contribution < -0.4 is 10.1 Å². The minimum Gasteiger partial charge on any atom is -0.496 e. The number of methoxy groups -OCH3 is 1. The number of anilines is 1. The second-order valence-corrected chi connectivity index (χ2v) is 5.87. The average Bonchev–Trinajstić information content (AvgIpc) is 2.97. The Balaban J connectivity index is 2.49. The van der Waals surface area contributed by atoms with Crippen LogP contribution in [0.1, 0.15) is 31.3 Å². The van der Waals surface area contributed by atoms with Gasteiger partial charge in [-0.15, -0.1) is 0 Å². The highest BCUT2D eigenvalue weighted by molar-refractivity contribution is 5.89. The number of esters is 1. The van der Waals surface area contributed by atoms with Crippen LogP contribution in [0.5, 0.6) is 5.75 Å². The summed E-state index contributed by atoms with van der Waals surface area (Å²) in [6.07, 6.45) is -4.42. The van der Waals surface area contributed by atoms with Crippen molar-refractivity contribution in [2.45, 2.75) is 39.5 Å². The van der Waals surface area contributed by atoms with Crippen LogP contribution in [0.3, 0.4) is 0 Å². The molecule has 0 aliphatic heterocycles. The van der Waals surface area contributed by atoms with Gasteiger partial charge in [-0.3, -0.25) is 4.68 Å². The number of nitrogens with one attached hydrogen (secondary N) is 1. The molecule has 0 radical (unpaired) electrons. The van der Waals surface area contributed by atoms with Crippen LogP contribution in [0.4, 0.5) is 23.2 Å². The Labute approximate surface area is 159 Å². The lowest BCUT2D eigenvalue weighted by Crippen LogP contribution is -2.33. The Morgan fingerprint density at radius 1 is 1.32 bits per heavy atom. The standard InChI is InChI=1S/C18H21F4N3O3/c1-5-25-16(14(19)15(24-25)17(26)28-6-2)12-8-7-11(9-13(12)27-4)23-10(3)18(20,21)22/h7-10,23H,5-6H2,1-4H3/t10-/m1/s1. The van der Waals surface area contributed by atoms with Gasteiger partial charge in [0.05, 0.1) is 13.7 Å². The largest absolute Gasteiger partial charge is 0.496 e. The molecule has 1 aromatic carbocycles. The van der Waals surface area contributed by atoms with Crippen LogP contribution in [-0.4, -0.2) is 41.7 Å². The molecule has 0 amide bonds. The van der Waals surface area contributed by atoms with Gasteiger partial charge in [0.2, 0.25) is 5.69 Å². The first-order chi connectivity index (χ1) is 13.1. The van der Waals surface area contributed by atoms with Crippen LogP contribution in [0.25, 0.3) is 11.3 Å². The first-order valence-corrected chi connectivity index (χ1v) is 8.59. The molecule has 6 nitrogen and oxygen atoms in total. The zero-order chi connectivity index (χ0) is 21.1. The van der Waals surface area contributed by atoms with E-state index in [0.717, 1.165) is 6.92 Å². The summed E-state index contributed by atoms with van der Waals surface area (Å²) in [4.78, 5) is 11.9. The molecule has 154 valence electrons. The molecule has 1 aromatic heterocycles. The first-order valence-electron chi connectivity index (χ1n) is 8.59. The van der Waals surface area contributed by atoms with Crippen molar-refractivity contribution >= 4 is 11.7 Å². The maximum atomic E-state index is 14.9. The maximum absolute atomic E-state index is 14.9. The van der Waals surface area contributed by atoms with Gasteiger partial charge in [-0.25, -0.2) is 9.18 Å². The molecule has 2 aromatic rings. The zero-order valence-corrected chi connectivity index (χ0v) is 15.9. The van der Waals surface area contributed by atoms with Crippen LogP contribution >= 0.6 is 0 Å². The molecule has 0 aliphatic carbocycles. The molecule has 1 N–H and O–H groups in total. The molecule has 10 heteroatoms. The third-order valence-corrected chi connectivity index (χ3v) is 3.99. The summed E-state index contributed by atoms with van der Waals surface area (Å²) >= 11 is 0. The summed E-state index contributed by atoms with van der Waals surface area (Å²) in [5.74, 6) is -1.66. The van der Waals surface area contributed by atoms with Crippen molar-refractivity contribution in [3.05, 3.63) is 29.7 Å². The number of aryl methyl sites for hydroxylation is 1. The zero-order valence-electron chi connectivity index (χ0n) is 15.9.